The molecule has 0 aromatic carbocycles. The van der Waals surface area contributed by atoms with Crippen molar-refractivity contribution in [2.45, 2.75) is 33.3 Å². The number of nitrogens with one attached hydrogen (secondary N) is 1. The number of aromatic nitrogens is 2. The third-order valence-electron chi connectivity index (χ3n) is 2.99. The van der Waals surface area contributed by atoms with Crippen LogP contribution in [0.1, 0.15) is 31.0 Å². The van der Waals surface area contributed by atoms with Crippen molar-refractivity contribution in [3.05, 3.63) is 11.3 Å². The second-order valence-corrected chi connectivity index (χ2v) is 4.53. The van der Waals surface area contributed by atoms with E-state index in [0.29, 0.717) is 6.61 Å². The number of rotatable bonds is 6. The number of hydrogen-bond acceptors (Lipinski definition) is 3. The van der Waals surface area contributed by atoms with Gasteiger partial charge in [-0.15, -0.1) is 0 Å². The highest BCUT2D eigenvalue weighted by Crippen LogP contribution is 2.29. The van der Waals surface area contributed by atoms with Crippen LogP contribution in [0.3, 0.4) is 0 Å². The van der Waals surface area contributed by atoms with Crippen LogP contribution in [0.25, 0.3) is 0 Å². The van der Waals surface area contributed by atoms with Crippen molar-refractivity contribution in [2.24, 2.45) is 13.0 Å². The van der Waals surface area contributed by atoms with Crippen molar-refractivity contribution < 1.29 is 4.74 Å². The van der Waals surface area contributed by atoms with Crippen molar-refractivity contribution in [1.29, 1.82) is 0 Å². The van der Waals surface area contributed by atoms with Gasteiger partial charge in [0.1, 0.15) is 5.82 Å². The van der Waals surface area contributed by atoms with Gasteiger partial charge in [0.05, 0.1) is 12.3 Å². The molecule has 0 bridgehead atoms. The second-order valence-electron chi connectivity index (χ2n) is 4.53. The summed E-state index contributed by atoms with van der Waals surface area (Å²) >= 11 is 0. The Bertz CT molecular complexity index is 355. The summed E-state index contributed by atoms with van der Waals surface area (Å²) < 4.78 is 7.63. The molecule has 1 saturated carbocycles. The summed E-state index contributed by atoms with van der Waals surface area (Å²) in [5, 5.41) is 7.76. The highest BCUT2D eigenvalue weighted by Gasteiger charge is 2.22. The van der Waals surface area contributed by atoms with Gasteiger partial charge in [-0.05, 0) is 32.6 Å². The second kappa shape index (κ2) is 4.87. The first-order valence-electron chi connectivity index (χ1n) is 6.06. The van der Waals surface area contributed by atoms with Crippen LogP contribution in [0, 0.1) is 12.8 Å². The van der Waals surface area contributed by atoms with Gasteiger partial charge in [0.25, 0.3) is 0 Å². The topological polar surface area (TPSA) is 39.1 Å². The molecule has 16 heavy (non-hydrogen) atoms. The van der Waals surface area contributed by atoms with E-state index in [1.54, 1.807) is 0 Å². The van der Waals surface area contributed by atoms with Crippen molar-refractivity contribution in [3.63, 3.8) is 0 Å². The zero-order valence-electron chi connectivity index (χ0n) is 10.4. The minimum atomic E-state index is 0.679. The van der Waals surface area contributed by atoms with Gasteiger partial charge < -0.3 is 10.1 Å². The molecule has 0 atom stereocenters. The molecule has 0 aliphatic heterocycles. The van der Waals surface area contributed by atoms with E-state index in [2.05, 4.69) is 17.3 Å². The molecule has 0 spiro atoms. The molecule has 1 fully saturated rings. The van der Waals surface area contributed by atoms with E-state index >= 15 is 0 Å². The fraction of sp³-hybridized carbons (Fsp3) is 0.750. The molecular formula is C12H21N3O. The van der Waals surface area contributed by atoms with E-state index in [1.165, 1.54) is 18.4 Å². The normalized spacial score (nSPS) is 15.4. The fourth-order valence-electron chi connectivity index (χ4n) is 1.88. The van der Waals surface area contributed by atoms with Crippen molar-refractivity contribution >= 4 is 5.82 Å². The maximum Gasteiger partial charge on any atom is 0.129 e. The molecule has 0 saturated heterocycles. The lowest BCUT2D eigenvalue weighted by Gasteiger charge is -2.08. The highest BCUT2D eigenvalue weighted by molar-refractivity contribution is 5.47. The number of nitrogens with zero attached hydrogens (tertiary/aromatic N) is 2. The molecule has 1 heterocycles. The number of ether oxygens (including phenoxy) is 1. The molecule has 4 heteroatoms. The Labute approximate surface area is 97.0 Å². The Morgan fingerprint density at radius 1 is 1.50 bits per heavy atom. The summed E-state index contributed by atoms with van der Waals surface area (Å²) in [6.45, 7) is 6.63. The summed E-state index contributed by atoms with van der Waals surface area (Å²) in [4.78, 5) is 0. The Morgan fingerprint density at radius 2 is 2.25 bits per heavy atom. The van der Waals surface area contributed by atoms with Crippen LogP contribution < -0.4 is 5.32 Å². The smallest absolute Gasteiger partial charge is 0.129 e. The molecule has 1 aromatic rings. The van der Waals surface area contributed by atoms with Gasteiger partial charge in [0.2, 0.25) is 0 Å². The van der Waals surface area contributed by atoms with Crippen LogP contribution in [0.2, 0.25) is 0 Å². The van der Waals surface area contributed by atoms with Crippen LogP contribution in [0.15, 0.2) is 0 Å². The van der Waals surface area contributed by atoms with Crippen LogP contribution in [0.5, 0.6) is 0 Å². The Hall–Kier alpha value is -1.03. The zero-order valence-corrected chi connectivity index (χ0v) is 10.4. The van der Waals surface area contributed by atoms with Gasteiger partial charge in [-0.1, -0.05) is 0 Å². The third-order valence-corrected chi connectivity index (χ3v) is 2.99. The lowest BCUT2D eigenvalue weighted by molar-refractivity contribution is 0.111. The number of anilines is 1. The Balaban J connectivity index is 1.98. The minimum absolute atomic E-state index is 0.679. The fourth-order valence-corrected chi connectivity index (χ4v) is 1.88. The molecular weight excluding hydrogens is 202 g/mol. The van der Waals surface area contributed by atoms with E-state index in [0.717, 1.165) is 30.6 Å². The molecule has 90 valence electrons. The SMILES string of the molecule is CCNc1c(COCC2CC2)c(C)nn1C. The van der Waals surface area contributed by atoms with Crippen LogP contribution >= 0.6 is 0 Å². The van der Waals surface area contributed by atoms with Crippen LogP contribution in [-0.2, 0) is 18.4 Å². The van der Waals surface area contributed by atoms with Crippen molar-refractivity contribution in [1.82, 2.24) is 9.78 Å². The van der Waals surface area contributed by atoms with Gasteiger partial charge in [0.15, 0.2) is 0 Å². The van der Waals surface area contributed by atoms with Gasteiger partial charge in [-0.2, -0.15) is 5.10 Å². The third kappa shape index (κ3) is 2.55. The number of aryl methyl sites for hydroxylation is 2. The van der Waals surface area contributed by atoms with Gasteiger partial charge in [-0.3, -0.25) is 4.68 Å². The molecule has 1 aromatic heterocycles. The predicted molar refractivity (Wildman–Crippen MR) is 64.5 cm³/mol. The molecule has 1 aliphatic carbocycles. The van der Waals surface area contributed by atoms with Gasteiger partial charge in [-0.25, -0.2) is 0 Å². The molecule has 4 nitrogen and oxygen atoms in total. The lowest BCUT2D eigenvalue weighted by Crippen LogP contribution is -2.06. The monoisotopic (exact) mass is 223 g/mol. The molecule has 0 radical (unpaired) electrons. The lowest BCUT2D eigenvalue weighted by atomic mass is 10.2. The summed E-state index contributed by atoms with van der Waals surface area (Å²) in [7, 11) is 1.97. The standard InChI is InChI=1S/C12H21N3O/c1-4-13-12-11(9(2)14-15(12)3)8-16-7-10-5-6-10/h10,13H,4-8H2,1-3H3. The van der Waals surface area contributed by atoms with E-state index in [9.17, 15) is 0 Å². The predicted octanol–water partition coefficient (Wildman–Crippen LogP) is 2.09. The van der Waals surface area contributed by atoms with Gasteiger partial charge >= 0.3 is 0 Å². The minimum Gasteiger partial charge on any atom is -0.376 e. The average molecular weight is 223 g/mol. The Morgan fingerprint density at radius 3 is 2.88 bits per heavy atom. The van der Waals surface area contributed by atoms with Crippen molar-refractivity contribution in [2.75, 3.05) is 18.5 Å². The molecule has 2 rings (SSSR count). The van der Waals surface area contributed by atoms with Gasteiger partial charge in [0, 0.05) is 25.8 Å². The first-order chi connectivity index (χ1) is 7.72. The molecule has 1 aliphatic rings. The average Bonchev–Trinajstić information content (AvgIpc) is 3.01. The molecule has 1 N–H and O–H groups in total. The quantitative estimate of drug-likeness (QED) is 0.802. The van der Waals surface area contributed by atoms with E-state index in [1.807, 2.05) is 18.7 Å². The summed E-state index contributed by atoms with van der Waals surface area (Å²) in [6.07, 6.45) is 2.68. The zero-order chi connectivity index (χ0) is 11.5. The highest BCUT2D eigenvalue weighted by atomic mass is 16.5. The first-order valence-corrected chi connectivity index (χ1v) is 6.06. The summed E-state index contributed by atoms with van der Waals surface area (Å²) in [5.74, 6) is 1.91. The van der Waals surface area contributed by atoms with E-state index in [-0.39, 0.29) is 0 Å². The molecule has 0 amide bonds. The molecule has 0 unspecified atom stereocenters. The maximum atomic E-state index is 5.73. The van der Waals surface area contributed by atoms with Crippen LogP contribution in [-0.4, -0.2) is 22.9 Å². The summed E-state index contributed by atoms with van der Waals surface area (Å²) in [6, 6.07) is 0. The summed E-state index contributed by atoms with van der Waals surface area (Å²) in [5.41, 5.74) is 2.26. The van der Waals surface area contributed by atoms with E-state index < -0.39 is 0 Å². The Kier molecular flexibility index (Phi) is 3.49. The van der Waals surface area contributed by atoms with E-state index in [4.69, 9.17) is 4.74 Å². The largest absolute Gasteiger partial charge is 0.376 e. The number of hydrogen-bond donors (Lipinski definition) is 1. The van der Waals surface area contributed by atoms with Crippen LogP contribution in [0.4, 0.5) is 5.82 Å². The maximum absolute atomic E-state index is 5.73. The first kappa shape index (κ1) is 11.5. The van der Waals surface area contributed by atoms with Crippen molar-refractivity contribution in [3.8, 4) is 0 Å².